The highest BCUT2D eigenvalue weighted by Gasteiger charge is 2.13. The van der Waals surface area contributed by atoms with Gasteiger partial charge in [0.2, 0.25) is 0 Å². The molecule has 1 rings (SSSR count). The molecule has 0 aromatic heterocycles. The minimum absolute atomic E-state index is 0.850. The summed E-state index contributed by atoms with van der Waals surface area (Å²) in [6.07, 6.45) is 14.4. The van der Waals surface area contributed by atoms with Crippen molar-refractivity contribution in [1.82, 2.24) is 0 Å². The molecule has 0 N–H and O–H groups in total. The molecule has 0 unspecified atom stereocenters. The molecule has 0 saturated heterocycles. The minimum atomic E-state index is 0.850. The highest BCUT2D eigenvalue weighted by molar-refractivity contribution is 6.17. The van der Waals surface area contributed by atoms with Crippen molar-refractivity contribution in [3.05, 3.63) is 0 Å². The maximum Gasteiger partial charge on any atom is 0.0223 e. The van der Waals surface area contributed by atoms with E-state index >= 15 is 0 Å². The van der Waals surface area contributed by atoms with E-state index in [1.165, 1.54) is 64.2 Å². The molecule has 0 atom stereocenters. The second kappa shape index (κ2) is 7.67. The average Bonchev–Trinajstić information content (AvgIpc) is 2.63. The van der Waals surface area contributed by atoms with Crippen LogP contribution in [0, 0.1) is 5.92 Å². The topological polar surface area (TPSA) is 0 Å². The quantitative estimate of drug-likeness (QED) is 0.413. The third kappa shape index (κ3) is 5.57. The van der Waals surface area contributed by atoms with Gasteiger partial charge in [-0.15, -0.1) is 11.6 Å². The fraction of sp³-hybridized carbons (Fsp3) is 1.00. The maximum absolute atomic E-state index is 5.62. The summed E-state index contributed by atoms with van der Waals surface area (Å²) >= 11 is 5.62. The van der Waals surface area contributed by atoms with E-state index in [2.05, 4.69) is 0 Å². The molecule has 0 aliphatic heterocycles. The van der Waals surface area contributed by atoms with Gasteiger partial charge in [-0.3, -0.25) is 0 Å². The lowest BCUT2D eigenvalue weighted by atomic mass is 9.99. The Bertz CT molecular complexity index is 106. The van der Waals surface area contributed by atoms with E-state index in [1.807, 2.05) is 0 Å². The highest BCUT2D eigenvalue weighted by atomic mass is 35.5. The summed E-state index contributed by atoms with van der Waals surface area (Å²) in [5.41, 5.74) is 0. The number of unbranched alkanes of at least 4 members (excludes halogenated alkanes) is 4. The van der Waals surface area contributed by atoms with Gasteiger partial charge in [-0.1, -0.05) is 57.8 Å². The van der Waals surface area contributed by atoms with E-state index < -0.39 is 0 Å². The molecule has 0 bridgehead atoms. The summed E-state index contributed by atoms with van der Waals surface area (Å²) in [7, 11) is 0. The van der Waals surface area contributed by atoms with Crippen molar-refractivity contribution in [2.75, 3.05) is 5.88 Å². The smallest absolute Gasteiger partial charge is 0.0223 e. The van der Waals surface area contributed by atoms with Crippen LogP contribution in [0.4, 0.5) is 0 Å². The number of hydrogen-bond donors (Lipinski definition) is 0. The molecule has 13 heavy (non-hydrogen) atoms. The van der Waals surface area contributed by atoms with Gasteiger partial charge in [0.05, 0.1) is 0 Å². The van der Waals surface area contributed by atoms with Gasteiger partial charge in [0, 0.05) is 5.88 Å². The standard InChI is InChI=1S/C12H23Cl/c13-11-7-3-1-2-4-8-12-9-5-6-10-12/h12H,1-11H2. The monoisotopic (exact) mass is 202 g/mol. The Balaban J connectivity index is 1.78. The third-order valence-electron chi connectivity index (χ3n) is 3.22. The van der Waals surface area contributed by atoms with E-state index in [0.717, 1.165) is 11.8 Å². The second-order valence-electron chi connectivity index (χ2n) is 4.40. The van der Waals surface area contributed by atoms with E-state index in [0.29, 0.717) is 0 Å². The van der Waals surface area contributed by atoms with Crippen molar-refractivity contribution in [3.8, 4) is 0 Å². The first kappa shape index (κ1) is 11.4. The first-order valence-electron chi connectivity index (χ1n) is 5.99. The third-order valence-corrected chi connectivity index (χ3v) is 3.49. The van der Waals surface area contributed by atoms with E-state index in [1.54, 1.807) is 0 Å². The van der Waals surface area contributed by atoms with Crippen molar-refractivity contribution in [1.29, 1.82) is 0 Å². The Labute approximate surface area is 88.1 Å². The molecule has 1 aliphatic carbocycles. The van der Waals surface area contributed by atoms with Crippen molar-refractivity contribution in [2.24, 2.45) is 5.92 Å². The number of rotatable bonds is 7. The van der Waals surface area contributed by atoms with E-state index in [4.69, 9.17) is 11.6 Å². The van der Waals surface area contributed by atoms with Gasteiger partial charge in [0.15, 0.2) is 0 Å². The first-order chi connectivity index (χ1) is 6.43. The van der Waals surface area contributed by atoms with Gasteiger partial charge >= 0.3 is 0 Å². The normalized spacial score (nSPS) is 18.2. The van der Waals surface area contributed by atoms with Crippen molar-refractivity contribution in [2.45, 2.75) is 64.2 Å². The zero-order valence-electron chi connectivity index (χ0n) is 8.73. The highest BCUT2D eigenvalue weighted by Crippen LogP contribution is 2.29. The predicted molar refractivity (Wildman–Crippen MR) is 60.4 cm³/mol. The van der Waals surface area contributed by atoms with Crippen LogP contribution in [0.2, 0.25) is 0 Å². The molecular formula is C12H23Cl. The molecule has 0 aromatic rings. The SMILES string of the molecule is ClCCCCCCCC1CCCC1. The summed E-state index contributed by atoms with van der Waals surface area (Å²) in [6, 6.07) is 0. The second-order valence-corrected chi connectivity index (χ2v) is 4.77. The lowest BCUT2D eigenvalue weighted by molar-refractivity contribution is 0.464. The zero-order chi connectivity index (χ0) is 9.36. The molecule has 1 aliphatic rings. The van der Waals surface area contributed by atoms with Crippen molar-refractivity contribution >= 4 is 11.6 Å². The maximum atomic E-state index is 5.62. The number of hydrogen-bond acceptors (Lipinski definition) is 0. The first-order valence-corrected chi connectivity index (χ1v) is 6.53. The number of alkyl halides is 1. The molecule has 78 valence electrons. The molecule has 0 aromatic carbocycles. The van der Waals surface area contributed by atoms with Crippen LogP contribution < -0.4 is 0 Å². The molecule has 1 saturated carbocycles. The van der Waals surface area contributed by atoms with Crippen LogP contribution >= 0.6 is 11.6 Å². The van der Waals surface area contributed by atoms with Crippen LogP contribution in [-0.4, -0.2) is 5.88 Å². The predicted octanol–water partition coefficient (Wildman–Crippen LogP) is 4.76. The van der Waals surface area contributed by atoms with Gasteiger partial charge in [-0.25, -0.2) is 0 Å². The Kier molecular flexibility index (Phi) is 6.71. The minimum Gasteiger partial charge on any atom is -0.127 e. The summed E-state index contributed by atoms with van der Waals surface area (Å²) in [6.45, 7) is 0. The Morgan fingerprint density at radius 2 is 1.46 bits per heavy atom. The van der Waals surface area contributed by atoms with Crippen LogP contribution in [0.3, 0.4) is 0 Å². The molecule has 0 amide bonds. The zero-order valence-corrected chi connectivity index (χ0v) is 9.49. The van der Waals surface area contributed by atoms with Gasteiger partial charge < -0.3 is 0 Å². The largest absolute Gasteiger partial charge is 0.127 e. The number of halogens is 1. The molecule has 0 heterocycles. The summed E-state index contributed by atoms with van der Waals surface area (Å²) in [4.78, 5) is 0. The summed E-state index contributed by atoms with van der Waals surface area (Å²) in [5, 5.41) is 0. The molecule has 0 nitrogen and oxygen atoms in total. The Morgan fingerprint density at radius 3 is 2.15 bits per heavy atom. The lowest BCUT2D eigenvalue weighted by Gasteiger charge is -2.07. The molecule has 0 spiro atoms. The van der Waals surface area contributed by atoms with Crippen molar-refractivity contribution < 1.29 is 0 Å². The Hall–Kier alpha value is 0.290. The van der Waals surface area contributed by atoms with Crippen LogP contribution in [0.1, 0.15) is 64.2 Å². The average molecular weight is 203 g/mol. The van der Waals surface area contributed by atoms with E-state index in [-0.39, 0.29) is 0 Å². The fourth-order valence-electron chi connectivity index (χ4n) is 2.36. The summed E-state index contributed by atoms with van der Waals surface area (Å²) < 4.78 is 0. The van der Waals surface area contributed by atoms with Gasteiger partial charge in [-0.2, -0.15) is 0 Å². The molecule has 0 radical (unpaired) electrons. The van der Waals surface area contributed by atoms with Crippen LogP contribution in [0.5, 0.6) is 0 Å². The van der Waals surface area contributed by atoms with Crippen LogP contribution in [-0.2, 0) is 0 Å². The van der Waals surface area contributed by atoms with E-state index in [9.17, 15) is 0 Å². The molecule has 1 heteroatoms. The van der Waals surface area contributed by atoms with Crippen molar-refractivity contribution in [3.63, 3.8) is 0 Å². The van der Waals surface area contributed by atoms with Gasteiger partial charge in [0.25, 0.3) is 0 Å². The van der Waals surface area contributed by atoms with Gasteiger partial charge in [0.1, 0.15) is 0 Å². The molecule has 1 fully saturated rings. The van der Waals surface area contributed by atoms with Crippen LogP contribution in [0.25, 0.3) is 0 Å². The Morgan fingerprint density at radius 1 is 0.846 bits per heavy atom. The van der Waals surface area contributed by atoms with Crippen LogP contribution in [0.15, 0.2) is 0 Å². The lowest BCUT2D eigenvalue weighted by Crippen LogP contribution is -1.92. The fourth-order valence-corrected chi connectivity index (χ4v) is 2.55. The summed E-state index contributed by atoms with van der Waals surface area (Å²) in [5.74, 6) is 1.94. The van der Waals surface area contributed by atoms with Gasteiger partial charge in [-0.05, 0) is 12.3 Å². The molecular weight excluding hydrogens is 180 g/mol.